The number of hydrogen-bond acceptors (Lipinski definition) is 5. The summed E-state index contributed by atoms with van der Waals surface area (Å²) in [4.78, 5) is 18.3. The van der Waals surface area contributed by atoms with Gasteiger partial charge in [0.05, 0.1) is 22.5 Å². The molecule has 4 rings (SSSR count). The normalized spacial score (nSPS) is 14.8. The largest absolute Gasteiger partial charge is 0.339 e. The monoisotopic (exact) mass is 353 g/mol. The molecule has 1 fully saturated rings. The zero-order valence-electron chi connectivity index (χ0n) is 13.9. The van der Waals surface area contributed by atoms with Crippen molar-refractivity contribution in [2.24, 2.45) is 16.9 Å². The summed E-state index contributed by atoms with van der Waals surface area (Å²) in [5.41, 5.74) is 3.04. The van der Waals surface area contributed by atoms with Gasteiger partial charge in [0.2, 0.25) is 0 Å². The van der Waals surface area contributed by atoms with E-state index in [9.17, 15) is 4.79 Å². The maximum Gasteiger partial charge on any atom is 0.161 e. The fraction of sp³-hybridized carbons (Fsp3) is 0.278. The fourth-order valence-corrected chi connectivity index (χ4v) is 3.78. The lowest BCUT2D eigenvalue weighted by atomic mass is 10.2. The summed E-state index contributed by atoms with van der Waals surface area (Å²) < 4.78 is 1.95. The molecule has 0 bridgehead atoms. The maximum atomic E-state index is 11.4. The van der Waals surface area contributed by atoms with Gasteiger partial charge in [-0.25, -0.2) is 4.98 Å². The highest BCUT2D eigenvalue weighted by molar-refractivity contribution is 7.15. The molecule has 25 heavy (non-hydrogen) atoms. The van der Waals surface area contributed by atoms with Gasteiger partial charge in [0.1, 0.15) is 5.84 Å². The highest BCUT2D eigenvalue weighted by atomic mass is 32.1. The van der Waals surface area contributed by atoms with Crippen molar-refractivity contribution in [1.29, 1.82) is 0 Å². The van der Waals surface area contributed by atoms with Crippen molar-refractivity contribution in [3.05, 3.63) is 41.0 Å². The first-order chi connectivity index (χ1) is 12.2. The van der Waals surface area contributed by atoms with Crippen molar-refractivity contribution >= 4 is 34.8 Å². The molecule has 3 aromatic rings. The van der Waals surface area contributed by atoms with Crippen LogP contribution in [0.1, 0.15) is 34.5 Å². The summed E-state index contributed by atoms with van der Waals surface area (Å²) in [5.74, 6) is 6.92. The van der Waals surface area contributed by atoms with Crippen LogP contribution in [0.15, 0.2) is 35.7 Å². The minimum Gasteiger partial charge on any atom is -0.339 e. The van der Waals surface area contributed by atoms with E-state index in [2.05, 4.69) is 34.5 Å². The number of fused-ring (bicyclic) bond motifs is 1. The molecule has 0 atom stereocenters. The molecule has 0 aromatic carbocycles. The first-order valence-corrected chi connectivity index (χ1v) is 9.06. The highest BCUT2D eigenvalue weighted by Gasteiger charge is 2.24. The van der Waals surface area contributed by atoms with Crippen molar-refractivity contribution < 1.29 is 4.79 Å². The van der Waals surface area contributed by atoms with Gasteiger partial charge in [-0.05, 0) is 43.9 Å². The van der Waals surface area contributed by atoms with Crippen molar-refractivity contribution in [2.45, 2.75) is 26.2 Å². The molecule has 0 unspecified atom stereocenters. The first kappa shape index (κ1) is 15.8. The third kappa shape index (κ3) is 3.15. The van der Waals surface area contributed by atoms with E-state index in [1.807, 2.05) is 16.8 Å². The third-order valence-corrected chi connectivity index (χ3v) is 5.39. The Labute approximate surface area is 149 Å². The van der Waals surface area contributed by atoms with E-state index in [0.717, 1.165) is 40.4 Å². The number of carbonyl (C=O) groups excluding carboxylic acids is 1. The smallest absolute Gasteiger partial charge is 0.161 e. The zero-order chi connectivity index (χ0) is 17.4. The van der Waals surface area contributed by atoms with E-state index in [-0.39, 0.29) is 0 Å². The summed E-state index contributed by atoms with van der Waals surface area (Å²) in [6.07, 6.45) is 7.75. The summed E-state index contributed by atoms with van der Waals surface area (Å²) in [6.45, 7) is 2.07. The summed E-state index contributed by atoms with van der Waals surface area (Å²) in [7, 11) is 0. The number of rotatable bonds is 5. The van der Waals surface area contributed by atoms with Crippen LogP contribution in [0.4, 0.5) is 5.69 Å². The van der Waals surface area contributed by atoms with Crippen molar-refractivity contribution in [3.8, 4) is 10.6 Å². The highest BCUT2D eigenvalue weighted by Crippen LogP contribution is 2.34. The second-order valence-electron chi connectivity index (χ2n) is 6.40. The van der Waals surface area contributed by atoms with Gasteiger partial charge in [-0.1, -0.05) is 0 Å². The van der Waals surface area contributed by atoms with Gasteiger partial charge >= 0.3 is 0 Å². The average Bonchev–Trinajstić information content (AvgIpc) is 3.16. The third-order valence-electron chi connectivity index (χ3n) is 4.37. The Hall–Kier alpha value is -2.67. The maximum absolute atomic E-state index is 11.4. The number of nitrogens with zero attached hydrogens (tertiary/aromatic N) is 3. The van der Waals surface area contributed by atoms with Crippen LogP contribution in [-0.4, -0.2) is 21.5 Å². The van der Waals surface area contributed by atoms with Gasteiger partial charge < -0.3 is 11.2 Å². The molecular formula is C18H19N5OS. The van der Waals surface area contributed by atoms with Gasteiger partial charge in [-0.3, -0.25) is 9.20 Å². The molecule has 7 heteroatoms. The number of pyridine rings is 1. The number of anilines is 1. The number of hydrogen-bond donors (Lipinski definition) is 2. The lowest BCUT2D eigenvalue weighted by Gasteiger charge is -2.11. The van der Waals surface area contributed by atoms with Crippen molar-refractivity contribution in [1.82, 2.24) is 9.38 Å². The Bertz CT molecular complexity index is 967. The molecule has 0 amide bonds. The van der Waals surface area contributed by atoms with Crippen LogP contribution in [0.5, 0.6) is 0 Å². The van der Waals surface area contributed by atoms with Crippen LogP contribution < -0.4 is 11.2 Å². The number of aldehydes is 1. The molecule has 1 aliphatic carbocycles. The van der Waals surface area contributed by atoms with E-state index in [0.29, 0.717) is 11.5 Å². The van der Waals surface area contributed by atoms with Gasteiger partial charge in [-0.2, -0.15) is 5.10 Å². The number of imidazole rings is 1. The van der Waals surface area contributed by atoms with Crippen molar-refractivity contribution in [3.63, 3.8) is 0 Å². The second-order valence-corrected chi connectivity index (χ2v) is 7.69. The molecule has 3 heterocycles. The van der Waals surface area contributed by atoms with Gasteiger partial charge in [0.15, 0.2) is 11.9 Å². The number of aryl methyl sites for hydroxylation is 1. The van der Waals surface area contributed by atoms with E-state index in [1.54, 1.807) is 17.4 Å². The summed E-state index contributed by atoms with van der Waals surface area (Å²) in [6, 6.07) is 5.94. The standard InChI is InChI=1S/C18H19N5OS/c1-11-2-5-16(25-11)15-8-20-18-14(6-13(10-24)9-23(15)18)21-17(22-19)7-12-3-4-12/h2,5-6,8-10,12H,3-4,7,19H2,1H3,(H,21,22). The Morgan fingerprint density at radius 3 is 3.00 bits per heavy atom. The van der Waals surface area contributed by atoms with E-state index >= 15 is 0 Å². The molecule has 3 N–H and O–H groups in total. The molecule has 1 saturated carbocycles. The van der Waals surface area contributed by atoms with Crippen molar-refractivity contribution in [2.75, 3.05) is 5.32 Å². The predicted molar refractivity (Wildman–Crippen MR) is 101 cm³/mol. The van der Waals surface area contributed by atoms with Crippen LogP contribution in [0.3, 0.4) is 0 Å². The van der Waals surface area contributed by atoms with Gasteiger partial charge in [0, 0.05) is 23.1 Å². The lowest BCUT2D eigenvalue weighted by molar-refractivity contribution is 0.112. The SMILES string of the molecule is Cc1ccc(-c2cnc3c(N/C(CC4CC4)=N\N)cc(C=O)cn23)s1. The number of hydrazone groups is 1. The Morgan fingerprint density at radius 2 is 2.36 bits per heavy atom. The quantitative estimate of drug-likeness (QED) is 0.241. The number of aromatic nitrogens is 2. The van der Waals surface area contributed by atoms with Crippen LogP contribution in [0.2, 0.25) is 0 Å². The molecule has 6 nitrogen and oxygen atoms in total. The molecule has 128 valence electrons. The molecular weight excluding hydrogens is 334 g/mol. The van der Waals surface area contributed by atoms with Crippen LogP contribution in [-0.2, 0) is 0 Å². The van der Waals surface area contributed by atoms with Crippen LogP contribution >= 0.6 is 11.3 Å². The molecule has 3 aromatic heterocycles. The average molecular weight is 353 g/mol. The van der Waals surface area contributed by atoms with E-state index in [1.165, 1.54) is 17.7 Å². The number of nitrogens with two attached hydrogens (primary N) is 1. The Kier molecular flexibility index (Phi) is 4.01. The zero-order valence-corrected chi connectivity index (χ0v) is 14.7. The Balaban J connectivity index is 1.78. The number of amidine groups is 1. The fourth-order valence-electron chi connectivity index (χ4n) is 2.91. The number of thiophene rings is 1. The molecule has 0 radical (unpaired) electrons. The first-order valence-electron chi connectivity index (χ1n) is 8.25. The predicted octanol–water partition coefficient (Wildman–Crippen LogP) is 3.67. The van der Waals surface area contributed by atoms with Gasteiger partial charge in [0.25, 0.3) is 0 Å². The Morgan fingerprint density at radius 1 is 1.52 bits per heavy atom. The van der Waals surface area contributed by atoms with Crippen LogP contribution in [0.25, 0.3) is 16.2 Å². The molecule has 1 aliphatic rings. The summed E-state index contributed by atoms with van der Waals surface area (Å²) in [5, 5.41) is 7.15. The summed E-state index contributed by atoms with van der Waals surface area (Å²) >= 11 is 1.70. The van der Waals surface area contributed by atoms with E-state index < -0.39 is 0 Å². The minimum absolute atomic E-state index is 0.574. The molecule has 0 aliphatic heterocycles. The number of nitrogens with one attached hydrogen (secondary N) is 1. The van der Waals surface area contributed by atoms with Gasteiger partial charge in [-0.15, -0.1) is 11.3 Å². The molecule has 0 spiro atoms. The lowest BCUT2D eigenvalue weighted by Crippen LogP contribution is -2.16. The second kappa shape index (κ2) is 6.33. The number of carbonyl (C=O) groups is 1. The topological polar surface area (TPSA) is 84.8 Å². The molecule has 0 saturated heterocycles. The van der Waals surface area contributed by atoms with E-state index in [4.69, 9.17) is 5.84 Å². The van der Waals surface area contributed by atoms with Crippen LogP contribution in [0, 0.1) is 12.8 Å². The minimum atomic E-state index is 0.574.